The lowest BCUT2D eigenvalue weighted by molar-refractivity contribution is -0.113. The van der Waals surface area contributed by atoms with Gasteiger partial charge in [0.15, 0.2) is 0 Å². The zero-order valence-corrected chi connectivity index (χ0v) is 21.8. The first-order valence-corrected chi connectivity index (χ1v) is 13.2. The Labute approximate surface area is 196 Å². The molecule has 4 heteroatoms. The van der Waals surface area contributed by atoms with E-state index in [1.807, 2.05) is 0 Å². The van der Waals surface area contributed by atoms with Gasteiger partial charge < -0.3 is 10.0 Å². The van der Waals surface area contributed by atoms with Crippen LogP contribution in [0.25, 0.3) is 0 Å². The number of rotatable bonds is 9. The summed E-state index contributed by atoms with van der Waals surface area (Å²) in [4.78, 5) is 2.23. The highest BCUT2D eigenvalue weighted by atomic mass is 32.1. The van der Waals surface area contributed by atoms with E-state index in [1.54, 1.807) is 6.07 Å². The summed E-state index contributed by atoms with van der Waals surface area (Å²) in [6, 6.07) is 1.72. The molecule has 0 spiro atoms. The lowest BCUT2D eigenvalue weighted by Crippen LogP contribution is -2.45. The van der Waals surface area contributed by atoms with Gasteiger partial charge in [0.1, 0.15) is 11.4 Å². The van der Waals surface area contributed by atoms with Crippen LogP contribution in [0.2, 0.25) is 0 Å². The molecule has 1 aromatic rings. The van der Waals surface area contributed by atoms with Crippen LogP contribution in [0.4, 0.5) is 10.1 Å². The number of hydrogen-bond donors (Lipinski definition) is 2. The average molecular weight is 452 g/mol. The highest BCUT2D eigenvalue weighted by Gasteiger charge is 2.57. The largest absolute Gasteiger partial charge is 0.384 e. The van der Waals surface area contributed by atoms with Gasteiger partial charge in [-0.1, -0.05) is 66.7 Å². The van der Waals surface area contributed by atoms with Crippen LogP contribution in [0.15, 0.2) is 6.07 Å². The number of benzene rings is 1. The van der Waals surface area contributed by atoms with Crippen LogP contribution >= 0.6 is 12.6 Å². The van der Waals surface area contributed by atoms with Crippen LogP contribution < -0.4 is 4.90 Å². The van der Waals surface area contributed by atoms with Crippen molar-refractivity contribution in [2.75, 3.05) is 24.2 Å². The number of thiol groups is 1. The highest BCUT2D eigenvalue weighted by Crippen LogP contribution is 2.60. The van der Waals surface area contributed by atoms with Gasteiger partial charge in [0.2, 0.25) is 0 Å². The van der Waals surface area contributed by atoms with E-state index in [-0.39, 0.29) is 17.2 Å². The van der Waals surface area contributed by atoms with Gasteiger partial charge in [0.05, 0.1) is 0 Å². The molecule has 0 saturated heterocycles. The third-order valence-electron chi connectivity index (χ3n) is 7.50. The summed E-state index contributed by atoms with van der Waals surface area (Å²) in [6.07, 6.45) is 10.5. The van der Waals surface area contributed by atoms with Crippen LogP contribution in [-0.4, -0.2) is 24.5 Å². The van der Waals surface area contributed by atoms with E-state index in [4.69, 9.17) is 0 Å². The molecule has 2 nitrogen and oxygen atoms in total. The first-order chi connectivity index (χ1) is 14.7. The van der Waals surface area contributed by atoms with E-state index in [9.17, 15) is 5.11 Å². The zero-order valence-electron chi connectivity index (χ0n) is 20.9. The first-order valence-electron chi connectivity index (χ1n) is 12.6. The Bertz CT molecular complexity index is 718. The SMILES string of the molecule is CCCC.CCCC(CCCCCS)C1(O)c2c(c(F)cc3c2N(C)CC3)CC1(C)C. The second kappa shape index (κ2) is 11.4. The fourth-order valence-electron chi connectivity index (χ4n) is 5.60. The number of hydrogen-bond acceptors (Lipinski definition) is 3. The van der Waals surface area contributed by atoms with E-state index in [1.165, 1.54) is 12.8 Å². The molecular weight excluding hydrogens is 405 g/mol. The summed E-state index contributed by atoms with van der Waals surface area (Å²) in [5.74, 6) is 0.965. The van der Waals surface area contributed by atoms with Gasteiger partial charge in [-0.15, -0.1) is 0 Å². The Morgan fingerprint density at radius 3 is 2.35 bits per heavy atom. The fraction of sp³-hybridized carbons (Fsp3) is 0.778. The summed E-state index contributed by atoms with van der Waals surface area (Å²) in [6.45, 7) is 11.7. The standard InChI is InChI=1S/C23H36FNOS.C4H10/c1-5-9-17(10-7-6-8-13-27)23(26)20-18(15-22(23,2)3)19(24)14-16-11-12-25(4)21(16)20;1-3-4-2/h14,17,26-27H,5-13,15H2,1-4H3;3-4H2,1-2H3. The molecule has 2 atom stereocenters. The van der Waals surface area contributed by atoms with Crippen molar-refractivity contribution in [1.29, 1.82) is 0 Å². The van der Waals surface area contributed by atoms with Crippen LogP contribution in [0.3, 0.4) is 0 Å². The molecule has 178 valence electrons. The van der Waals surface area contributed by atoms with Crippen molar-refractivity contribution in [3.63, 3.8) is 0 Å². The molecule has 0 bridgehead atoms. The molecule has 0 fully saturated rings. The highest BCUT2D eigenvalue weighted by molar-refractivity contribution is 7.80. The van der Waals surface area contributed by atoms with Crippen LogP contribution in [0.1, 0.15) is 103 Å². The lowest BCUT2D eigenvalue weighted by Gasteiger charge is -2.45. The second-order valence-corrected chi connectivity index (χ2v) is 10.7. The minimum Gasteiger partial charge on any atom is -0.384 e. The third kappa shape index (κ3) is 5.27. The van der Waals surface area contributed by atoms with Gasteiger partial charge in [-0.2, -0.15) is 12.6 Å². The minimum absolute atomic E-state index is 0.117. The molecule has 0 amide bonds. The van der Waals surface area contributed by atoms with Crippen molar-refractivity contribution in [2.45, 2.75) is 104 Å². The maximum absolute atomic E-state index is 15.0. The molecule has 1 N–H and O–H groups in total. The predicted octanol–water partition coefficient (Wildman–Crippen LogP) is 7.30. The Morgan fingerprint density at radius 2 is 1.77 bits per heavy atom. The van der Waals surface area contributed by atoms with Crippen LogP contribution in [0, 0.1) is 17.2 Å². The fourth-order valence-corrected chi connectivity index (χ4v) is 5.83. The van der Waals surface area contributed by atoms with Crippen molar-refractivity contribution >= 4 is 18.3 Å². The number of fused-ring (bicyclic) bond motifs is 3. The van der Waals surface area contributed by atoms with E-state index in [2.05, 4.69) is 59.2 Å². The topological polar surface area (TPSA) is 23.5 Å². The minimum atomic E-state index is -0.968. The summed E-state index contributed by atoms with van der Waals surface area (Å²) in [7, 11) is 2.08. The summed E-state index contributed by atoms with van der Waals surface area (Å²) in [5, 5.41) is 12.3. The van der Waals surface area contributed by atoms with Gasteiger partial charge in [-0.3, -0.25) is 0 Å². The number of nitrogens with zero attached hydrogens (tertiary/aromatic N) is 1. The maximum atomic E-state index is 15.0. The number of aliphatic hydroxyl groups is 1. The molecule has 31 heavy (non-hydrogen) atoms. The molecule has 1 aromatic carbocycles. The van der Waals surface area contributed by atoms with E-state index < -0.39 is 5.60 Å². The monoisotopic (exact) mass is 451 g/mol. The molecule has 3 rings (SSSR count). The molecule has 0 aromatic heterocycles. The smallest absolute Gasteiger partial charge is 0.127 e. The van der Waals surface area contributed by atoms with Crippen molar-refractivity contribution in [2.24, 2.45) is 11.3 Å². The molecule has 1 aliphatic heterocycles. The Hall–Kier alpha value is -0.740. The molecule has 0 radical (unpaired) electrons. The van der Waals surface area contributed by atoms with Crippen molar-refractivity contribution in [3.05, 3.63) is 28.6 Å². The first kappa shape index (κ1) is 26.5. The van der Waals surface area contributed by atoms with Crippen molar-refractivity contribution in [1.82, 2.24) is 0 Å². The van der Waals surface area contributed by atoms with Gasteiger partial charge >= 0.3 is 0 Å². The summed E-state index contributed by atoms with van der Waals surface area (Å²) in [5.41, 5.74) is 2.51. The summed E-state index contributed by atoms with van der Waals surface area (Å²) >= 11 is 4.32. The van der Waals surface area contributed by atoms with Gasteiger partial charge in [-0.25, -0.2) is 4.39 Å². The van der Waals surface area contributed by atoms with Gasteiger partial charge in [0.25, 0.3) is 0 Å². The quantitative estimate of drug-likeness (QED) is 0.304. The third-order valence-corrected chi connectivity index (χ3v) is 7.82. The number of anilines is 1. The van der Waals surface area contributed by atoms with Crippen molar-refractivity contribution in [3.8, 4) is 0 Å². The summed E-state index contributed by atoms with van der Waals surface area (Å²) < 4.78 is 15.0. The molecule has 2 unspecified atom stereocenters. The Balaban J connectivity index is 0.000000785. The molecule has 0 saturated carbocycles. The van der Waals surface area contributed by atoms with Crippen LogP contribution in [0.5, 0.6) is 0 Å². The van der Waals surface area contributed by atoms with E-state index in [0.717, 1.165) is 79.6 Å². The van der Waals surface area contributed by atoms with Gasteiger partial charge in [-0.05, 0) is 61.0 Å². The predicted molar refractivity (Wildman–Crippen MR) is 136 cm³/mol. The zero-order chi connectivity index (χ0) is 23.2. The Kier molecular flexibility index (Phi) is 9.76. The van der Waals surface area contributed by atoms with Crippen molar-refractivity contribution < 1.29 is 9.50 Å². The van der Waals surface area contributed by atoms with E-state index in [0.29, 0.717) is 6.42 Å². The maximum Gasteiger partial charge on any atom is 0.127 e. The molecule has 1 aliphatic carbocycles. The molecule has 1 heterocycles. The molecular formula is C27H46FNOS. The Morgan fingerprint density at radius 1 is 1.10 bits per heavy atom. The number of unbranched alkanes of at least 4 members (excludes halogenated alkanes) is 3. The molecule has 2 aliphatic rings. The van der Waals surface area contributed by atoms with Gasteiger partial charge in [0, 0.05) is 30.3 Å². The lowest BCUT2D eigenvalue weighted by atomic mass is 9.65. The second-order valence-electron chi connectivity index (χ2n) is 10.3. The normalized spacial score (nSPS) is 22.0. The van der Waals surface area contributed by atoms with Crippen LogP contribution in [-0.2, 0) is 18.4 Å². The average Bonchev–Trinajstić information content (AvgIpc) is 3.19. The van der Waals surface area contributed by atoms with E-state index >= 15 is 4.39 Å². The number of likely N-dealkylation sites (N-methyl/N-ethyl adjacent to an activating group) is 1. The number of halogens is 1.